The third kappa shape index (κ3) is 5.99. The average Bonchev–Trinajstić information content (AvgIpc) is 3.42. The van der Waals surface area contributed by atoms with Crippen molar-refractivity contribution in [1.29, 1.82) is 0 Å². The zero-order chi connectivity index (χ0) is 23.9. The lowest BCUT2D eigenvalue weighted by Crippen LogP contribution is -2.47. The van der Waals surface area contributed by atoms with E-state index in [-0.39, 0.29) is 11.9 Å². The molecule has 6 heteroatoms. The van der Waals surface area contributed by atoms with Gasteiger partial charge in [0.05, 0.1) is 19.1 Å². The normalized spacial score (nSPS) is 15.6. The van der Waals surface area contributed by atoms with Gasteiger partial charge in [0.25, 0.3) is 5.91 Å². The zero-order valence-electron chi connectivity index (χ0n) is 20.3. The largest absolute Gasteiger partial charge is 0.497 e. The molecule has 34 heavy (non-hydrogen) atoms. The highest BCUT2D eigenvalue weighted by Crippen LogP contribution is 2.30. The van der Waals surface area contributed by atoms with Crippen LogP contribution in [-0.4, -0.2) is 56.1 Å². The van der Waals surface area contributed by atoms with Crippen molar-refractivity contribution >= 4 is 17.2 Å². The van der Waals surface area contributed by atoms with Gasteiger partial charge in [-0.25, -0.2) is 0 Å². The quantitative estimate of drug-likeness (QED) is 0.415. The SMILES string of the molecule is COc1cc(CN2CCC([C@@H](Cc3ccccc3)N(C)C(=O)c3cccs3)CC2)cc(OC)c1. The molecule has 5 nitrogen and oxygen atoms in total. The van der Waals surface area contributed by atoms with Gasteiger partial charge >= 0.3 is 0 Å². The Morgan fingerprint density at radius 1 is 1.00 bits per heavy atom. The van der Waals surface area contributed by atoms with Gasteiger partial charge < -0.3 is 14.4 Å². The molecule has 0 spiro atoms. The second-order valence-electron chi connectivity index (χ2n) is 8.98. The van der Waals surface area contributed by atoms with E-state index in [1.807, 2.05) is 41.6 Å². The summed E-state index contributed by atoms with van der Waals surface area (Å²) in [4.78, 5) is 18.5. The van der Waals surface area contributed by atoms with Gasteiger partial charge in [0.1, 0.15) is 11.5 Å². The number of carbonyl (C=O) groups excluding carboxylic acids is 1. The van der Waals surface area contributed by atoms with Crippen LogP contribution in [0.5, 0.6) is 11.5 Å². The van der Waals surface area contributed by atoms with Crippen molar-refractivity contribution < 1.29 is 14.3 Å². The van der Waals surface area contributed by atoms with Gasteiger partial charge in [-0.1, -0.05) is 36.4 Å². The summed E-state index contributed by atoms with van der Waals surface area (Å²) in [6, 6.07) is 20.7. The van der Waals surface area contributed by atoms with Gasteiger partial charge in [-0.05, 0) is 73.0 Å². The summed E-state index contributed by atoms with van der Waals surface area (Å²) in [5, 5.41) is 1.97. The predicted molar refractivity (Wildman–Crippen MR) is 138 cm³/mol. The second kappa shape index (κ2) is 11.5. The molecule has 0 radical (unpaired) electrons. The Hall–Kier alpha value is -2.83. The molecule has 1 aliphatic heterocycles. The summed E-state index contributed by atoms with van der Waals surface area (Å²) in [5.41, 5.74) is 2.48. The Labute approximate surface area is 206 Å². The van der Waals surface area contributed by atoms with E-state index in [9.17, 15) is 4.79 Å². The van der Waals surface area contributed by atoms with E-state index in [0.29, 0.717) is 5.92 Å². The van der Waals surface area contributed by atoms with Crippen LogP contribution in [-0.2, 0) is 13.0 Å². The molecule has 1 aromatic heterocycles. The number of ether oxygens (including phenoxy) is 2. The third-order valence-electron chi connectivity index (χ3n) is 6.83. The second-order valence-corrected chi connectivity index (χ2v) is 9.93. The number of likely N-dealkylation sites (tertiary alicyclic amines) is 1. The van der Waals surface area contributed by atoms with Crippen molar-refractivity contribution in [2.75, 3.05) is 34.4 Å². The molecule has 1 amide bonds. The number of carbonyl (C=O) groups is 1. The Balaban J connectivity index is 1.44. The molecule has 2 aromatic carbocycles. The van der Waals surface area contributed by atoms with Crippen molar-refractivity contribution in [3.05, 3.63) is 82.0 Å². The summed E-state index contributed by atoms with van der Waals surface area (Å²) < 4.78 is 10.9. The van der Waals surface area contributed by atoms with Crippen LogP contribution in [0.2, 0.25) is 0 Å². The monoisotopic (exact) mass is 478 g/mol. The Morgan fingerprint density at radius 2 is 1.68 bits per heavy atom. The van der Waals surface area contributed by atoms with Crippen LogP contribution in [0, 0.1) is 5.92 Å². The van der Waals surface area contributed by atoms with Gasteiger partial charge in [0, 0.05) is 25.7 Å². The lowest BCUT2D eigenvalue weighted by Gasteiger charge is -2.40. The van der Waals surface area contributed by atoms with Crippen LogP contribution in [0.1, 0.15) is 33.6 Å². The fourth-order valence-corrected chi connectivity index (χ4v) is 5.62. The molecular formula is C28H34N2O3S. The maximum Gasteiger partial charge on any atom is 0.263 e. The first kappa shape index (κ1) is 24.3. The first-order valence-electron chi connectivity index (χ1n) is 11.9. The number of hydrogen-bond acceptors (Lipinski definition) is 5. The van der Waals surface area contributed by atoms with E-state index in [0.717, 1.165) is 55.3 Å². The summed E-state index contributed by atoms with van der Waals surface area (Å²) in [7, 11) is 5.35. The summed E-state index contributed by atoms with van der Waals surface area (Å²) in [5.74, 6) is 2.23. The number of hydrogen-bond donors (Lipinski definition) is 0. The van der Waals surface area contributed by atoms with E-state index in [4.69, 9.17) is 9.47 Å². The van der Waals surface area contributed by atoms with Gasteiger partial charge in [-0.3, -0.25) is 9.69 Å². The van der Waals surface area contributed by atoms with Crippen molar-refractivity contribution in [3.63, 3.8) is 0 Å². The fraction of sp³-hybridized carbons (Fsp3) is 0.393. The summed E-state index contributed by atoms with van der Waals surface area (Å²) in [6.07, 6.45) is 3.02. The molecular weight excluding hydrogens is 444 g/mol. The van der Waals surface area contributed by atoms with E-state index >= 15 is 0 Å². The minimum absolute atomic E-state index is 0.127. The molecule has 3 aromatic rings. The number of piperidine rings is 1. The number of likely N-dealkylation sites (N-methyl/N-ethyl adjacent to an activating group) is 1. The molecule has 2 heterocycles. The molecule has 1 fully saturated rings. The Morgan fingerprint density at radius 3 is 2.26 bits per heavy atom. The van der Waals surface area contributed by atoms with Gasteiger partial charge in [0.2, 0.25) is 0 Å². The van der Waals surface area contributed by atoms with E-state index in [2.05, 4.69) is 41.3 Å². The molecule has 4 rings (SSSR count). The Bertz CT molecular complexity index is 1020. The summed E-state index contributed by atoms with van der Waals surface area (Å²) in [6.45, 7) is 2.89. The highest BCUT2D eigenvalue weighted by Gasteiger charge is 2.32. The number of nitrogens with zero attached hydrogens (tertiary/aromatic N) is 2. The summed E-state index contributed by atoms with van der Waals surface area (Å²) >= 11 is 1.52. The first-order chi connectivity index (χ1) is 16.6. The van der Waals surface area contributed by atoms with Gasteiger partial charge in [0.15, 0.2) is 0 Å². The van der Waals surface area contributed by atoms with E-state index < -0.39 is 0 Å². The molecule has 1 atom stereocenters. The van der Waals surface area contributed by atoms with E-state index in [1.165, 1.54) is 22.5 Å². The van der Waals surface area contributed by atoms with Gasteiger partial charge in [-0.15, -0.1) is 11.3 Å². The minimum atomic E-state index is 0.127. The number of thiophene rings is 1. The van der Waals surface area contributed by atoms with Crippen molar-refractivity contribution in [3.8, 4) is 11.5 Å². The van der Waals surface area contributed by atoms with Crippen LogP contribution in [0.25, 0.3) is 0 Å². The molecule has 1 aliphatic rings. The number of benzene rings is 2. The first-order valence-corrected chi connectivity index (χ1v) is 12.7. The highest BCUT2D eigenvalue weighted by molar-refractivity contribution is 7.12. The predicted octanol–water partition coefficient (Wildman–Crippen LogP) is 5.36. The molecule has 1 saturated heterocycles. The Kier molecular flexibility index (Phi) is 8.25. The number of rotatable bonds is 9. The fourth-order valence-electron chi connectivity index (χ4n) is 4.91. The highest BCUT2D eigenvalue weighted by atomic mass is 32.1. The molecule has 0 bridgehead atoms. The molecule has 0 saturated carbocycles. The van der Waals surface area contributed by atoms with Crippen molar-refractivity contribution in [2.45, 2.75) is 31.8 Å². The maximum atomic E-state index is 13.2. The number of methoxy groups -OCH3 is 2. The van der Waals surface area contributed by atoms with Crippen LogP contribution in [0.3, 0.4) is 0 Å². The molecule has 180 valence electrons. The molecule has 0 aliphatic carbocycles. The third-order valence-corrected chi connectivity index (χ3v) is 7.69. The lowest BCUT2D eigenvalue weighted by molar-refractivity contribution is 0.0589. The number of amides is 1. The van der Waals surface area contributed by atoms with Crippen LogP contribution >= 0.6 is 11.3 Å². The van der Waals surface area contributed by atoms with Crippen molar-refractivity contribution in [2.24, 2.45) is 5.92 Å². The average molecular weight is 479 g/mol. The van der Waals surface area contributed by atoms with Crippen molar-refractivity contribution in [1.82, 2.24) is 9.80 Å². The van der Waals surface area contributed by atoms with E-state index in [1.54, 1.807) is 14.2 Å². The zero-order valence-corrected chi connectivity index (χ0v) is 21.1. The van der Waals surface area contributed by atoms with Crippen LogP contribution in [0.15, 0.2) is 66.0 Å². The topological polar surface area (TPSA) is 42.0 Å². The smallest absolute Gasteiger partial charge is 0.263 e. The maximum absolute atomic E-state index is 13.2. The van der Waals surface area contributed by atoms with Crippen LogP contribution < -0.4 is 9.47 Å². The standard InChI is InChI=1S/C28H34N2O3S/c1-29(28(31)27-10-7-15-34-27)26(18-21-8-5-4-6-9-21)23-11-13-30(14-12-23)20-22-16-24(32-2)19-25(17-22)33-3/h4-10,15-17,19,23,26H,11-14,18,20H2,1-3H3/t26-/m1/s1. The molecule has 0 unspecified atom stereocenters. The molecule has 0 N–H and O–H groups in total. The van der Waals surface area contributed by atoms with Gasteiger partial charge in [-0.2, -0.15) is 0 Å². The van der Waals surface area contributed by atoms with Crippen LogP contribution in [0.4, 0.5) is 0 Å². The lowest BCUT2D eigenvalue weighted by atomic mass is 9.84. The minimum Gasteiger partial charge on any atom is -0.497 e.